The molecule has 1 saturated heterocycles. The van der Waals surface area contributed by atoms with Gasteiger partial charge in [0.05, 0.1) is 0 Å². The average molecular weight is 153 g/mol. The third kappa shape index (κ3) is 1.01. The summed E-state index contributed by atoms with van der Waals surface area (Å²) in [6.07, 6.45) is 2.93. The summed E-state index contributed by atoms with van der Waals surface area (Å²) in [5.41, 5.74) is 0.675. The Morgan fingerprint density at radius 3 is 2.82 bits per heavy atom. The highest BCUT2D eigenvalue weighted by molar-refractivity contribution is 4.99. The zero-order valence-electron chi connectivity index (χ0n) is 7.93. The highest BCUT2D eigenvalue weighted by atomic mass is 15.1. The number of hydrogen-bond acceptors (Lipinski definition) is 1. The molecule has 0 radical (unpaired) electrons. The van der Waals surface area contributed by atoms with E-state index >= 15 is 0 Å². The first-order valence-electron chi connectivity index (χ1n) is 4.80. The molecule has 2 aliphatic rings. The van der Waals surface area contributed by atoms with Crippen molar-refractivity contribution in [3.8, 4) is 0 Å². The summed E-state index contributed by atoms with van der Waals surface area (Å²) in [5.74, 6) is 1.97. The quantitative estimate of drug-likeness (QED) is 0.514. The standard InChI is InChI=1S/C10H19N/c1-8-4-5-10(2)7-11(3)6-9(8)10/h8-9H,4-7H2,1-3H3. The first-order chi connectivity index (χ1) is 5.12. The Bertz CT molecular complexity index is 166. The van der Waals surface area contributed by atoms with E-state index in [1.54, 1.807) is 0 Å². The molecule has 0 amide bonds. The predicted molar refractivity (Wildman–Crippen MR) is 47.5 cm³/mol. The highest BCUT2D eigenvalue weighted by Crippen LogP contribution is 2.50. The summed E-state index contributed by atoms with van der Waals surface area (Å²) < 4.78 is 0. The van der Waals surface area contributed by atoms with Gasteiger partial charge in [-0.05, 0) is 37.1 Å². The fourth-order valence-electron chi connectivity index (χ4n) is 3.24. The number of likely N-dealkylation sites (tertiary alicyclic amines) is 1. The van der Waals surface area contributed by atoms with Gasteiger partial charge in [-0.2, -0.15) is 0 Å². The van der Waals surface area contributed by atoms with Crippen molar-refractivity contribution in [1.82, 2.24) is 4.90 Å². The smallest absolute Gasteiger partial charge is 0.00356 e. The molecule has 0 N–H and O–H groups in total. The van der Waals surface area contributed by atoms with Gasteiger partial charge in [-0.15, -0.1) is 0 Å². The van der Waals surface area contributed by atoms with Gasteiger partial charge in [0, 0.05) is 13.1 Å². The summed E-state index contributed by atoms with van der Waals surface area (Å²) >= 11 is 0. The van der Waals surface area contributed by atoms with Gasteiger partial charge in [0.15, 0.2) is 0 Å². The van der Waals surface area contributed by atoms with Crippen LogP contribution >= 0.6 is 0 Å². The molecule has 0 aromatic heterocycles. The van der Waals surface area contributed by atoms with Gasteiger partial charge < -0.3 is 4.90 Å². The van der Waals surface area contributed by atoms with E-state index in [2.05, 4.69) is 25.8 Å². The Kier molecular flexibility index (Phi) is 1.54. The molecule has 0 aromatic rings. The maximum absolute atomic E-state index is 2.50. The fraction of sp³-hybridized carbons (Fsp3) is 1.00. The summed E-state index contributed by atoms with van der Waals surface area (Å²) in [6, 6.07) is 0. The number of hydrogen-bond donors (Lipinski definition) is 0. The predicted octanol–water partition coefficient (Wildman–Crippen LogP) is 1.98. The molecule has 0 spiro atoms. The lowest BCUT2D eigenvalue weighted by Crippen LogP contribution is -2.22. The lowest BCUT2D eigenvalue weighted by molar-refractivity contribution is 0.271. The molecule has 2 rings (SSSR count). The SMILES string of the molecule is CC1CCC2(C)CN(C)CC12. The van der Waals surface area contributed by atoms with Crippen LogP contribution in [-0.2, 0) is 0 Å². The molecular formula is C10H19N. The summed E-state index contributed by atoms with van der Waals surface area (Å²) in [7, 11) is 2.26. The van der Waals surface area contributed by atoms with Gasteiger partial charge in [-0.25, -0.2) is 0 Å². The molecule has 3 unspecified atom stereocenters. The molecule has 0 aromatic carbocycles. The minimum absolute atomic E-state index is 0.675. The molecule has 3 atom stereocenters. The van der Waals surface area contributed by atoms with Gasteiger partial charge in [0.2, 0.25) is 0 Å². The Hall–Kier alpha value is -0.0400. The van der Waals surface area contributed by atoms with E-state index in [9.17, 15) is 0 Å². The van der Waals surface area contributed by atoms with E-state index in [-0.39, 0.29) is 0 Å². The van der Waals surface area contributed by atoms with Crippen LogP contribution in [0, 0.1) is 17.3 Å². The molecule has 1 nitrogen and oxygen atoms in total. The monoisotopic (exact) mass is 153 g/mol. The first kappa shape index (κ1) is 7.60. The Morgan fingerprint density at radius 2 is 2.18 bits per heavy atom. The third-order valence-corrected chi connectivity index (χ3v) is 3.89. The van der Waals surface area contributed by atoms with Gasteiger partial charge in [-0.3, -0.25) is 0 Å². The number of rotatable bonds is 0. The maximum Gasteiger partial charge on any atom is 0.00356 e. The second kappa shape index (κ2) is 2.22. The van der Waals surface area contributed by atoms with Crippen LogP contribution in [0.4, 0.5) is 0 Å². The van der Waals surface area contributed by atoms with Crippen molar-refractivity contribution in [1.29, 1.82) is 0 Å². The molecule has 11 heavy (non-hydrogen) atoms. The summed E-state index contributed by atoms with van der Waals surface area (Å²) in [5, 5.41) is 0. The van der Waals surface area contributed by atoms with E-state index in [1.807, 2.05) is 0 Å². The fourth-order valence-corrected chi connectivity index (χ4v) is 3.24. The highest BCUT2D eigenvalue weighted by Gasteiger charge is 2.48. The molecule has 64 valence electrons. The molecular weight excluding hydrogens is 134 g/mol. The van der Waals surface area contributed by atoms with Gasteiger partial charge in [0.1, 0.15) is 0 Å². The van der Waals surface area contributed by atoms with E-state index < -0.39 is 0 Å². The number of nitrogens with zero attached hydrogens (tertiary/aromatic N) is 1. The van der Waals surface area contributed by atoms with Crippen LogP contribution in [-0.4, -0.2) is 25.0 Å². The van der Waals surface area contributed by atoms with E-state index in [1.165, 1.54) is 25.9 Å². The van der Waals surface area contributed by atoms with Crippen LogP contribution in [0.5, 0.6) is 0 Å². The van der Waals surface area contributed by atoms with Gasteiger partial charge in [0.25, 0.3) is 0 Å². The van der Waals surface area contributed by atoms with Crippen molar-refractivity contribution in [3.63, 3.8) is 0 Å². The average Bonchev–Trinajstić information content (AvgIpc) is 2.32. The summed E-state index contributed by atoms with van der Waals surface area (Å²) in [6.45, 7) is 7.58. The molecule has 1 aliphatic carbocycles. The Labute approximate surface area is 69.8 Å². The normalized spacial score (nSPS) is 51.5. The Morgan fingerprint density at radius 1 is 1.45 bits per heavy atom. The maximum atomic E-state index is 2.50. The van der Waals surface area contributed by atoms with Crippen molar-refractivity contribution < 1.29 is 0 Å². The molecule has 2 fully saturated rings. The second-order valence-corrected chi connectivity index (χ2v) is 4.97. The lowest BCUT2D eigenvalue weighted by atomic mass is 9.81. The van der Waals surface area contributed by atoms with Crippen molar-refractivity contribution in [2.75, 3.05) is 20.1 Å². The van der Waals surface area contributed by atoms with Crippen molar-refractivity contribution in [3.05, 3.63) is 0 Å². The zero-order chi connectivity index (χ0) is 8.06. The van der Waals surface area contributed by atoms with Crippen LogP contribution < -0.4 is 0 Å². The van der Waals surface area contributed by atoms with E-state index in [0.29, 0.717) is 5.41 Å². The van der Waals surface area contributed by atoms with Crippen LogP contribution in [0.3, 0.4) is 0 Å². The van der Waals surface area contributed by atoms with Crippen LogP contribution in [0.1, 0.15) is 26.7 Å². The largest absolute Gasteiger partial charge is 0.306 e. The summed E-state index contributed by atoms with van der Waals surface area (Å²) in [4.78, 5) is 2.50. The van der Waals surface area contributed by atoms with Crippen LogP contribution in [0.25, 0.3) is 0 Å². The molecule has 0 bridgehead atoms. The Balaban J connectivity index is 2.18. The lowest BCUT2D eigenvalue weighted by Gasteiger charge is -2.23. The van der Waals surface area contributed by atoms with Crippen molar-refractivity contribution in [2.24, 2.45) is 17.3 Å². The van der Waals surface area contributed by atoms with Crippen molar-refractivity contribution in [2.45, 2.75) is 26.7 Å². The zero-order valence-corrected chi connectivity index (χ0v) is 7.93. The topological polar surface area (TPSA) is 3.24 Å². The van der Waals surface area contributed by atoms with Gasteiger partial charge >= 0.3 is 0 Å². The van der Waals surface area contributed by atoms with Crippen molar-refractivity contribution >= 4 is 0 Å². The third-order valence-electron chi connectivity index (χ3n) is 3.89. The number of fused-ring (bicyclic) bond motifs is 1. The molecule has 1 aliphatic heterocycles. The van der Waals surface area contributed by atoms with Crippen LogP contribution in [0.2, 0.25) is 0 Å². The first-order valence-corrected chi connectivity index (χ1v) is 4.80. The molecule has 1 heteroatoms. The minimum Gasteiger partial charge on any atom is -0.306 e. The van der Waals surface area contributed by atoms with E-state index in [4.69, 9.17) is 0 Å². The molecule has 1 heterocycles. The van der Waals surface area contributed by atoms with Crippen LogP contribution in [0.15, 0.2) is 0 Å². The van der Waals surface area contributed by atoms with Gasteiger partial charge in [-0.1, -0.05) is 13.8 Å². The second-order valence-electron chi connectivity index (χ2n) is 4.97. The molecule has 1 saturated carbocycles. The minimum atomic E-state index is 0.675. The van der Waals surface area contributed by atoms with E-state index in [0.717, 1.165) is 11.8 Å².